The maximum Gasteiger partial charge on any atom is 0.305 e. The van der Waals surface area contributed by atoms with Gasteiger partial charge in [0.2, 0.25) is 0 Å². The smallest absolute Gasteiger partial charge is 0.214 e. The van der Waals surface area contributed by atoms with Gasteiger partial charge in [0.25, 0.3) is 9.84 Å². The van der Waals surface area contributed by atoms with Gasteiger partial charge in [-0.05, 0) is 18.1 Å². The van der Waals surface area contributed by atoms with E-state index in [-0.39, 0.29) is 15.8 Å². The lowest BCUT2D eigenvalue weighted by Crippen LogP contribution is -2.18. The van der Waals surface area contributed by atoms with E-state index in [1.54, 1.807) is 36.5 Å². The van der Waals surface area contributed by atoms with Crippen LogP contribution in [0.15, 0.2) is 46.5 Å². The van der Waals surface area contributed by atoms with Crippen molar-refractivity contribution >= 4 is 9.84 Å². The van der Waals surface area contributed by atoms with Gasteiger partial charge in [-0.25, -0.2) is 8.42 Å². The van der Waals surface area contributed by atoms with Crippen LogP contribution in [0.2, 0.25) is 0 Å². The first-order valence-electron chi connectivity index (χ1n) is 5.57. The molecule has 0 unspecified atom stereocenters. The van der Waals surface area contributed by atoms with Gasteiger partial charge >= 0.3 is 5.03 Å². The van der Waals surface area contributed by atoms with Crippen molar-refractivity contribution in [3.63, 3.8) is 0 Å². The molecule has 0 radical (unpaired) electrons. The van der Waals surface area contributed by atoms with Gasteiger partial charge in [0, 0.05) is 0 Å². The van der Waals surface area contributed by atoms with Crippen LogP contribution >= 0.6 is 0 Å². The molecule has 0 atom stereocenters. The second-order valence-corrected chi connectivity index (χ2v) is 6.07. The highest BCUT2D eigenvalue weighted by atomic mass is 32.2. The third-order valence-electron chi connectivity index (χ3n) is 2.60. The molecule has 0 saturated carbocycles. The van der Waals surface area contributed by atoms with E-state index in [9.17, 15) is 8.42 Å². The average Bonchev–Trinajstić information content (AvgIpc) is 2.39. The Balaban J connectivity index is 2.63. The fourth-order valence-electron chi connectivity index (χ4n) is 1.63. The zero-order chi connectivity index (χ0) is 13.2. The molecule has 2 rings (SSSR count). The van der Waals surface area contributed by atoms with Crippen molar-refractivity contribution in [3.05, 3.63) is 42.1 Å². The number of hydrogen-bond acceptors (Lipinski definition) is 4. The van der Waals surface area contributed by atoms with Crippen molar-refractivity contribution in [2.24, 2.45) is 0 Å². The van der Waals surface area contributed by atoms with Gasteiger partial charge in [0.1, 0.15) is 11.4 Å². The average molecular weight is 264 g/mol. The number of rotatable bonds is 3. The molecule has 1 N–H and O–H groups in total. The molecule has 6 heteroatoms. The summed E-state index contributed by atoms with van der Waals surface area (Å²) in [5.41, 5.74) is 0.633. The zero-order valence-electron chi connectivity index (χ0n) is 10.2. The van der Waals surface area contributed by atoms with E-state index < -0.39 is 9.84 Å². The van der Waals surface area contributed by atoms with E-state index in [0.717, 1.165) is 0 Å². The first kappa shape index (κ1) is 12.6. The van der Waals surface area contributed by atoms with Crippen LogP contribution in [0.25, 0.3) is 0 Å². The van der Waals surface area contributed by atoms with Gasteiger partial charge in [-0.2, -0.15) is 5.10 Å². The lowest BCUT2D eigenvalue weighted by molar-refractivity contribution is -0.466. The number of nitrogens with one attached hydrogen (secondary N) is 1. The molecule has 1 heterocycles. The number of H-pyrrole nitrogens is 1. The molecule has 0 bridgehead atoms. The summed E-state index contributed by atoms with van der Waals surface area (Å²) in [6, 6.07) is 8.25. The first-order chi connectivity index (χ1) is 8.53. The van der Waals surface area contributed by atoms with E-state index in [2.05, 4.69) is 15.4 Å². The Morgan fingerprint density at radius 2 is 1.83 bits per heavy atom. The number of hydrogen-bond donors (Lipinski definition) is 0. The zero-order valence-corrected chi connectivity index (χ0v) is 11.0. The molecular formula is C12H14N3O2S+. The number of aromatic nitrogens is 3. The molecule has 5 nitrogen and oxygen atoms in total. The Hall–Kier alpha value is -1.82. The second-order valence-electron chi connectivity index (χ2n) is 4.21. The largest absolute Gasteiger partial charge is 0.305 e. The minimum Gasteiger partial charge on any atom is -0.214 e. The van der Waals surface area contributed by atoms with E-state index >= 15 is 0 Å². The Morgan fingerprint density at radius 1 is 1.17 bits per heavy atom. The highest BCUT2D eigenvalue weighted by Crippen LogP contribution is 2.24. The van der Waals surface area contributed by atoms with E-state index in [4.69, 9.17) is 0 Å². The molecule has 94 valence electrons. The molecule has 0 amide bonds. The fourth-order valence-corrected chi connectivity index (χ4v) is 3.12. The van der Waals surface area contributed by atoms with Crippen molar-refractivity contribution in [3.8, 4) is 0 Å². The van der Waals surface area contributed by atoms with Crippen molar-refractivity contribution in [1.82, 2.24) is 10.3 Å². The molecule has 0 fully saturated rings. The highest BCUT2D eigenvalue weighted by molar-refractivity contribution is 7.91. The molecule has 2 aromatic rings. The van der Waals surface area contributed by atoms with Crippen LogP contribution in [0.3, 0.4) is 0 Å². The van der Waals surface area contributed by atoms with Crippen LogP contribution in [0.4, 0.5) is 0 Å². The van der Waals surface area contributed by atoms with Crippen molar-refractivity contribution in [1.29, 1.82) is 0 Å². The quantitative estimate of drug-likeness (QED) is 0.836. The molecule has 1 aromatic carbocycles. The summed E-state index contributed by atoms with van der Waals surface area (Å²) in [7, 11) is -3.61. The van der Waals surface area contributed by atoms with Crippen LogP contribution in [0, 0.1) is 0 Å². The van der Waals surface area contributed by atoms with Crippen LogP contribution in [0.5, 0.6) is 0 Å². The Morgan fingerprint density at radius 3 is 2.44 bits per heavy atom. The van der Waals surface area contributed by atoms with Gasteiger partial charge in [-0.15, -0.1) is 0 Å². The molecule has 0 spiro atoms. The van der Waals surface area contributed by atoms with Crippen LogP contribution in [0.1, 0.15) is 25.3 Å². The summed E-state index contributed by atoms with van der Waals surface area (Å²) >= 11 is 0. The summed E-state index contributed by atoms with van der Waals surface area (Å²) in [5, 5.41) is 9.92. The van der Waals surface area contributed by atoms with E-state index in [1.165, 1.54) is 0 Å². The Bertz CT molecular complexity index is 639. The summed E-state index contributed by atoms with van der Waals surface area (Å²) in [6.07, 6.45) is 1.58. The second kappa shape index (κ2) is 4.81. The molecule has 0 aliphatic rings. The lowest BCUT2D eigenvalue weighted by atomic mass is 10.1. The third-order valence-corrected chi connectivity index (χ3v) is 4.31. The Labute approximate surface area is 106 Å². The summed E-state index contributed by atoms with van der Waals surface area (Å²) in [5.74, 6) is 0.0465. The minimum absolute atomic E-state index is 0.0162. The third kappa shape index (κ3) is 2.24. The van der Waals surface area contributed by atoms with E-state index in [0.29, 0.717) is 5.56 Å². The molecule has 0 aliphatic carbocycles. The molecule has 1 aromatic heterocycles. The number of benzene rings is 1. The molecule has 0 aliphatic heterocycles. The lowest BCUT2D eigenvalue weighted by Gasteiger charge is -2.05. The maximum absolute atomic E-state index is 12.4. The summed E-state index contributed by atoms with van der Waals surface area (Å²) in [4.78, 5) is 0.229. The van der Waals surface area contributed by atoms with Gasteiger partial charge in [0.05, 0.1) is 15.6 Å². The normalized spacial score (nSPS) is 11.7. The number of nitrogens with zero attached hydrogens (tertiary/aromatic N) is 2. The first-order valence-corrected chi connectivity index (χ1v) is 7.05. The minimum atomic E-state index is -3.61. The monoisotopic (exact) mass is 264 g/mol. The number of aromatic amines is 1. The molecule has 18 heavy (non-hydrogen) atoms. The number of sulfone groups is 1. The van der Waals surface area contributed by atoms with Gasteiger partial charge < -0.3 is 0 Å². The van der Waals surface area contributed by atoms with Crippen LogP contribution in [-0.4, -0.2) is 18.7 Å². The maximum atomic E-state index is 12.4. The van der Waals surface area contributed by atoms with Crippen LogP contribution in [-0.2, 0) is 9.84 Å². The predicted molar refractivity (Wildman–Crippen MR) is 64.6 cm³/mol. The van der Waals surface area contributed by atoms with Crippen LogP contribution < -0.4 is 5.10 Å². The topological polar surface area (TPSA) is 74.1 Å². The van der Waals surface area contributed by atoms with Crippen molar-refractivity contribution < 1.29 is 13.5 Å². The molecule has 0 saturated heterocycles. The van der Waals surface area contributed by atoms with E-state index in [1.807, 2.05) is 13.8 Å². The predicted octanol–water partition coefficient (Wildman–Crippen LogP) is 1.25. The van der Waals surface area contributed by atoms with Crippen molar-refractivity contribution in [2.45, 2.75) is 29.7 Å². The van der Waals surface area contributed by atoms with Gasteiger partial charge in [-0.3, -0.25) is 0 Å². The SMILES string of the molecule is CC(C)c1c[nH+]nnc1S(=O)(=O)c1ccccc1. The highest BCUT2D eigenvalue weighted by Gasteiger charge is 2.30. The standard InChI is InChI=1S/C12H13N3O2S/c1-9(2)11-8-13-15-14-12(11)18(16,17)10-6-4-3-5-7-10/h3-9H,1-2H3/p+1. The summed E-state index contributed by atoms with van der Waals surface area (Å²) < 4.78 is 24.9. The van der Waals surface area contributed by atoms with Crippen molar-refractivity contribution in [2.75, 3.05) is 0 Å². The molecular weight excluding hydrogens is 250 g/mol. The van der Waals surface area contributed by atoms with Gasteiger partial charge in [-0.1, -0.05) is 32.0 Å². The van der Waals surface area contributed by atoms with Gasteiger partial charge in [0.15, 0.2) is 0 Å². The summed E-state index contributed by atoms with van der Waals surface area (Å²) in [6.45, 7) is 3.82. The Kier molecular flexibility index (Phi) is 3.38. The fraction of sp³-hybridized carbons (Fsp3) is 0.250.